The van der Waals surface area contributed by atoms with Crippen molar-refractivity contribution in [3.63, 3.8) is 0 Å². The quantitative estimate of drug-likeness (QED) is 0.288. The number of benzene rings is 3. The lowest BCUT2D eigenvalue weighted by atomic mass is 9.94. The normalized spacial score (nSPS) is 13.2. The van der Waals surface area contributed by atoms with E-state index in [1.807, 2.05) is 48.5 Å². The summed E-state index contributed by atoms with van der Waals surface area (Å²) in [6.45, 7) is 0. The second kappa shape index (κ2) is 6.82. The number of carbonyl (C=O) groups excluding carboxylic acids is 2. The number of carbonyl (C=O) groups is 2. The van der Waals surface area contributed by atoms with Crippen LogP contribution in [-0.4, -0.2) is 33.7 Å². The van der Waals surface area contributed by atoms with Crippen LogP contribution in [0.2, 0.25) is 0 Å². The number of imide groups is 1. The van der Waals surface area contributed by atoms with Gasteiger partial charge in [-0.3, -0.25) is 19.5 Å². The average Bonchev–Trinajstić information content (AvgIpc) is 3.07. The SMILES string of the molecule is CN1C(=O)c2ccc(-c3ccccc3-c3ccc4ccc5cccnc5c4n3)cc2C1=O. The van der Waals surface area contributed by atoms with Crippen LogP contribution in [0.4, 0.5) is 0 Å². The van der Waals surface area contributed by atoms with Crippen molar-refractivity contribution in [3.8, 4) is 22.4 Å². The highest BCUT2D eigenvalue weighted by atomic mass is 16.2. The Labute approximate surface area is 184 Å². The lowest BCUT2D eigenvalue weighted by Crippen LogP contribution is -2.24. The van der Waals surface area contributed by atoms with E-state index in [4.69, 9.17) is 4.98 Å². The molecule has 0 unspecified atom stereocenters. The molecule has 3 aromatic carbocycles. The third-order valence-electron chi connectivity index (χ3n) is 6.04. The van der Waals surface area contributed by atoms with E-state index in [0.717, 1.165) is 49.1 Å². The Morgan fingerprint density at radius 1 is 0.656 bits per heavy atom. The molecule has 0 saturated heterocycles. The van der Waals surface area contributed by atoms with Gasteiger partial charge in [0.05, 0.1) is 27.9 Å². The topological polar surface area (TPSA) is 63.2 Å². The molecule has 5 heteroatoms. The fourth-order valence-corrected chi connectivity index (χ4v) is 4.36. The molecule has 0 saturated carbocycles. The molecule has 0 atom stereocenters. The second-order valence-electron chi connectivity index (χ2n) is 7.88. The van der Waals surface area contributed by atoms with Gasteiger partial charge in [0.15, 0.2) is 0 Å². The predicted octanol–water partition coefficient (Wildman–Crippen LogP) is 5.34. The van der Waals surface area contributed by atoms with Crippen molar-refractivity contribution in [2.75, 3.05) is 7.05 Å². The van der Waals surface area contributed by atoms with Crippen LogP contribution < -0.4 is 0 Å². The Balaban J connectivity index is 1.54. The van der Waals surface area contributed by atoms with Crippen LogP contribution in [0.15, 0.2) is 85.1 Å². The van der Waals surface area contributed by atoms with Crippen LogP contribution in [0.1, 0.15) is 20.7 Å². The number of hydrogen-bond donors (Lipinski definition) is 0. The minimum atomic E-state index is -0.272. The first kappa shape index (κ1) is 18.4. The van der Waals surface area contributed by atoms with Crippen LogP contribution in [0.25, 0.3) is 44.2 Å². The summed E-state index contributed by atoms with van der Waals surface area (Å²) in [7, 11) is 1.51. The highest BCUT2D eigenvalue weighted by Gasteiger charge is 2.32. The first-order valence-corrected chi connectivity index (χ1v) is 10.3. The van der Waals surface area contributed by atoms with Crippen LogP contribution in [0.3, 0.4) is 0 Å². The number of amides is 2. The first-order valence-electron chi connectivity index (χ1n) is 10.3. The number of pyridine rings is 2. The number of rotatable bonds is 2. The molecule has 0 fully saturated rings. The minimum absolute atomic E-state index is 0.264. The van der Waals surface area contributed by atoms with Crippen LogP contribution in [0.5, 0.6) is 0 Å². The molecule has 152 valence electrons. The average molecular weight is 415 g/mol. The van der Waals surface area contributed by atoms with E-state index < -0.39 is 0 Å². The number of nitrogens with zero attached hydrogens (tertiary/aromatic N) is 3. The van der Waals surface area contributed by atoms with E-state index >= 15 is 0 Å². The summed E-state index contributed by atoms with van der Waals surface area (Å²) in [5.41, 5.74) is 6.20. The highest BCUT2D eigenvalue weighted by Crippen LogP contribution is 2.35. The zero-order valence-electron chi connectivity index (χ0n) is 17.2. The maximum absolute atomic E-state index is 12.5. The molecule has 2 amide bonds. The maximum Gasteiger partial charge on any atom is 0.261 e. The van der Waals surface area contributed by atoms with Crippen LogP contribution in [-0.2, 0) is 0 Å². The van der Waals surface area contributed by atoms with Crippen LogP contribution in [0, 0.1) is 0 Å². The molecule has 1 aliphatic heterocycles. The molecule has 0 bridgehead atoms. The van der Waals surface area contributed by atoms with Crippen molar-refractivity contribution in [2.45, 2.75) is 0 Å². The van der Waals surface area contributed by atoms with Crippen molar-refractivity contribution in [1.82, 2.24) is 14.9 Å². The largest absolute Gasteiger partial charge is 0.277 e. The van der Waals surface area contributed by atoms with Crippen molar-refractivity contribution in [1.29, 1.82) is 0 Å². The standard InChI is InChI=1S/C27H17N3O2/c1-30-26(31)21-12-10-18(15-22(21)27(30)32)19-6-2-3-7-20(19)23-13-11-17-9-8-16-5-4-14-28-24(16)25(17)29-23/h2-15H,1H3. The zero-order chi connectivity index (χ0) is 21.8. The molecule has 0 N–H and O–H groups in total. The molecular weight excluding hydrogens is 398 g/mol. The lowest BCUT2D eigenvalue weighted by Gasteiger charge is -2.11. The third-order valence-corrected chi connectivity index (χ3v) is 6.04. The molecule has 1 aliphatic rings. The molecule has 0 spiro atoms. The fraction of sp³-hybridized carbons (Fsp3) is 0.0370. The smallest absolute Gasteiger partial charge is 0.261 e. The van der Waals surface area contributed by atoms with Crippen molar-refractivity contribution in [3.05, 3.63) is 96.2 Å². The van der Waals surface area contributed by atoms with E-state index in [1.54, 1.807) is 18.3 Å². The first-order chi connectivity index (χ1) is 15.6. The van der Waals surface area contributed by atoms with Gasteiger partial charge in [0.1, 0.15) is 0 Å². The van der Waals surface area contributed by atoms with Gasteiger partial charge in [0.25, 0.3) is 11.8 Å². The van der Waals surface area contributed by atoms with Crippen LogP contribution >= 0.6 is 0 Å². The van der Waals surface area contributed by atoms with E-state index in [9.17, 15) is 9.59 Å². The summed E-state index contributed by atoms with van der Waals surface area (Å²) >= 11 is 0. The van der Waals surface area contributed by atoms with Gasteiger partial charge in [-0.25, -0.2) is 4.98 Å². The zero-order valence-corrected chi connectivity index (χ0v) is 17.2. The van der Waals surface area contributed by atoms with E-state index in [2.05, 4.69) is 23.2 Å². The third kappa shape index (κ3) is 2.65. The van der Waals surface area contributed by atoms with Gasteiger partial charge in [-0.15, -0.1) is 0 Å². The summed E-state index contributed by atoms with van der Waals surface area (Å²) in [4.78, 5) is 35.5. The van der Waals surface area contributed by atoms with Gasteiger partial charge in [0, 0.05) is 29.6 Å². The van der Waals surface area contributed by atoms with Gasteiger partial charge in [-0.1, -0.05) is 54.6 Å². The van der Waals surface area contributed by atoms with Gasteiger partial charge in [-0.05, 0) is 35.4 Å². The Hall–Kier alpha value is -4.38. The molecule has 3 heterocycles. The Bertz CT molecular complexity index is 1590. The maximum atomic E-state index is 12.5. The van der Waals surface area contributed by atoms with Crippen molar-refractivity contribution in [2.24, 2.45) is 0 Å². The molecule has 32 heavy (non-hydrogen) atoms. The summed E-state index contributed by atoms with van der Waals surface area (Å²) in [6.07, 6.45) is 1.78. The van der Waals surface area contributed by atoms with E-state index in [-0.39, 0.29) is 11.8 Å². The van der Waals surface area contributed by atoms with Crippen molar-refractivity contribution < 1.29 is 9.59 Å². The minimum Gasteiger partial charge on any atom is -0.277 e. The second-order valence-corrected chi connectivity index (χ2v) is 7.88. The number of fused-ring (bicyclic) bond motifs is 4. The van der Waals surface area contributed by atoms with Gasteiger partial charge in [0.2, 0.25) is 0 Å². The summed E-state index contributed by atoms with van der Waals surface area (Å²) < 4.78 is 0. The highest BCUT2D eigenvalue weighted by molar-refractivity contribution is 6.21. The predicted molar refractivity (Wildman–Crippen MR) is 124 cm³/mol. The Morgan fingerprint density at radius 3 is 2.22 bits per heavy atom. The lowest BCUT2D eigenvalue weighted by molar-refractivity contribution is 0.0693. The van der Waals surface area contributed by atoms with Gasteiger partial charge >= 0.3 is 0 Å². The summed E-state index contributed by atoms with van der Waals surface area (Å²) in [5, 5.41) is 2.07. The number of aromatic nitrogens is 2. The number of hydrogen-bond acceptors (Lipinski definition) is 4. The Morgan fingerprint density at radius 2 is 1.38 bits per heavy atom. The molecule has 5 nitrogen and oxygen atoms in total. The monoisotopic (exact) mass is 415 g/mol. The van der Waals surface area contributed by atoms with Gasteiger partial charge < -0.3 is 0 Å². The summed E-state index contributed by atoms with van der Waals surface area (Å²) in [5.74, 6) is -0.536. The van der Waals surface area contributed by atoms with E-state index in [0.29, 0.717) is 11.1 Å². The molecule has 5 aromatic rings. The molecule has 0 aliphatic carbocycles. The fourth-order valence-electron chi connectivity index (χ4n) is 4.36. The molecule has 0 radical (unpaired) electrons. The molecular formula is C27H17N3O2. The molecule has 2 aromatic heterocycles. The van der Waals surface area contributed by atoms with Gasteiger partial charge in [-0.2, -0.15) is 0 Å². The Kier molecular flexibility index (Phi) is 3.92. The van der Waals surface area contributed by atoms with E-state index in [1.165, 1.54) is 7.05 Å². The molecule has 6 rings (SSSR count). The summed E-state index contributed by atoms with van der Waals surface area (Å²) in [6, 6.07) is 25.5. The van der Waals surface area contributed by atoms with Crippen molar-refractivity contribution >= 4 is 33.6 Å².